The molecule has 30 heavy (non-hydrogen) atoms. The molecule has 0 aromatic heterocycles. The molecule has 3 N–H and O–H groups in total. The van der Waals surface area contributed by atoms with Crippen LogP contribution >= 0.6 is 24.8 Å². The molecule has 0 atom stereocenters. The van der Waals surface area contributed by atoms with Gasteiger partial charge in [-0.2, -0.15) is 0 Å². The fourth-order valence-electron chi connectivity index (χ4n) is 3.67. The molecule has 1 aliphatic carbocycles. The van der Waals surface area contributed by atoms with Crippen LogP contribution in [0.1, 0.15) is 37.4 Å². The van der Waals surface area contributed by atoms with E-state index in [9.17, 15) is 14.7 Å². The smallest absolute Gasteiger partial charge is 0.201 e. The molecule has 1 heterocycles. The molecule has 9 heteroatoms. The van der Waals surface area contributed by atoms with Gasteiger partial charge < -0.3 is 20.3 Å². The van der Waals surface area contributed by atoms with E-state index in [-0.39, 0.29) is 59.6 Å². The quantitative estimate of drug-likeness (QED) is 0.608. The Morgan fingerprint density at radius 2 is 1.70 bits per heavy atom. The fourth-order valence-corrected chi connectivity index (χ4v) is 3.67. The number of phenols is 1. The molecule has 2 aromatic rings. The van der Waals surface area contributed by atoms with Crippen LogP contribution < -0.4 is 10.5 Å². The maximum atomic E-state index is 13.2. The van der Waals surface area contributed by atoms with Gasteiger partial charge in [-0.15, -0.1) is 24.8 Å². The first-order valence-corrected chi connectivity index (χ1v) is 9.32. The van der Waals surface area contributed by atoms with Crippen LogP contribution in [-0.4, -0.2) is 61.0 Å². The van der Waals surface area contributed by atoms with Gasteiger partial charge in [-0.3, -0.25) is 14.5 Å². The van der Waals surface area contributed by atoms with Crippen molar-refractivity contribution in [3.05, 3.63) is 58.1 Å². The molecular formula is C21H24Cl2N2O5. The Hall–Kier alpha value is -2.16. The molecule has 4 rings (SSSR count). The Morgan fingerprint density at radius 3 is 2.40 bits per heavy atom. The summed E-state index contributed by atoms with van der Waals surface area (Å²) < 4.78 is 11.2. The standard InChI is InChI=1S/C21H22N2O5.2ClH/c22-12-13-4-5-15-18(19(13)24)21(26)17-14(20(15)25)2-1-3-16(17)28-11-8-23-6-9-27-10-7-23;;/h1-5,24H,6-12,22H2;2*1H. The van der Waals surface area contributed by atoms with Crippen LogP contribution in [0.4, 0.5) is 0 Å². The maximum Gasteiger partial charge on any atom is 0.201 e. The van der Waals surface area contributed by atoms with Gasteiger partial charge in [-0.05, 0) is 12.1 Å². The second-order valence-electron chi connectivity index (χ2n) is 6.84. The average Bonchev–Trinajstić information content (AvgIpc) is 2.72. The zero-order chi connectivity index (χ0) is 19.7. The lowest BCUT2D eigenvalue weighted by Crippen LogP contribution is -2.38. The number of aromatic hydroxyl groups is 1. The Kier molecular flexibility index (Phi) is 8.23. The lowest BCUT2D eigenvalue weighted by Gasteiger charge is -2.27. The molecular weight excluding hydrogens is 431 g/mol. The number of morpholine rings is 1. The molecule has 0 spiro atoms. The van der Waals surface area contributed by atoms with Gasteiger partial charge in [0.1, 0.15) is 18.1 Å². The summed E-state index contributed by atoms with van der Waals surface area (Å²) in [6.07, 6.45) is 0. The zero-order valence-corrected chi connectivity index (χ0v) is 17.9. The summed E-state index contributed by atoms with van der Waals surface area (Å²) in [5.74, 6) is -0.596. The Balaban J connectivity index is 0.00000160. The summed E-state index contributed by atoms with van der Waals surface area (Å²) in [5.41, 5.74) is 6.75. The van der Waals surface area contributed by atoms with Crippen molar-refractivity contribution in [2.24, 2.45) is 5.73 Å². The summed E-state index contributed by atoms with van der Waals surface area (Å²) in [4.78, 5) is 28.3. The van der Waals surface area contributed by atoms with Crippen LogP contribution in [0, 0.1) is 0 Å². The van der Waals surface area contributed by atoms with Crippen LogP contribution in [0.2, 0.25) is 0 Å². The van der Waals surface area contributed by atoms with E-state index in [4.69, 9.17) is 15.2 Å². The van der Waals surface area contributed by atoms with Gasteiger partial charge in [-0.25, -0.2) is 0 Å². The van der Waals surface area contributed by atoms with Gasteiger partial charge in [-0.1, -0.05) is 18.2 Å². The van der Waals surface area contributed by atoms with E-state index in [0.717, 1.165) is 13.1 Å². The summed E-state index contributed by atoms with van der Waals surface area (Å²) in [6.45, 7) is 4.26. The van der Waals surface area contributed by atoms with E-state index >= 15 is 0 Å². The molecule has 0 unspecified atom stereocenters. The highest BCUT2D eigenvalue weighted by atomic mass is 35.5. The van der Waals surface area contributed by atoms with E-state index in [1.807, 2.05) is 0 Å². The van der Waals surface area contributed by atoms with Gasteiger partial charge in [0.2, 0.25) is 5.78 Å². The number of halogens is 2. The topological polar surface area (TPSA) is 102 Å². The summed E-state index contributed by atoms with van der Waals surface area (Å²) >= 11 is 0. The number of hydrogen-bond donors (Lipinski definition) is 2. The number of nitrogens with zero attached hydrogens (tertiary/aromatic N) is 1. The zero-order valence-electron chi connectivity index (χ0n) is 16.3. The number of ether oxygens (including phenoxy) is 2. The third-order valence-corrected chi connectivity index (χ3v) is 5.22. The van der Waals surface area contributed by atoms with E-state index in [2.05, 4.69) is 4.90 Å². The van der Waals surface area contributed by atoms with E-state index in [1.165, 1.54) is 0 Å². The van der Waals surface area contributed by atoms with Crippen molar-refractivity contribution in [2.75, 3.05) is 39.5 Å². The highest BCUT2D eigenvalue weighted by Crippen LogP contribution is 2.38. The van der Waals surface area contributed by atoms with Crippen molar-refractivity contribution in [1.82, 2.24) is 4.90 Å². The largest absolute Gasteiger partial charge is 0.507 e. The van der Waals surface area contributed by atoms with E-state index in [0.29, 0.717) is 43.2 Å². The number of hydrogen-bond acceptors (Lipinski definition) is 7. The third-order valence-electron chi connectivity index (χ3n) is 5.22. The third kappa shape index (κ3) is 4.31. The molecule has 2 aromatic carbocycles. The molecule has 1 fully saturated rings. The summed E-state index contributed by atoms with van der Waals surface area (Å²) in [6, 6.07) is 8.12. The number of nitrogens with two attached hydrogens (primary N) is 1. The van der Waals surface area contributed by atoms with Crippen molar-refractivity contribution >= 4 is 36.4 Å². The van der Waals surface area contributed by atoms with E-state index < -0.39 is 5.78 Å². The Bertz CT molecular complexity index is 945. The molecule has 0 saturated carbocycles. The number of fused-ring (bicyclic) bond motifs is 2. The number of ketones is 2. The predicted octanol–water partition coefficient (Wildman–Crippen LogP) is 2.18. The number of carbonyl (C=O) groups is 2. The van der Waals surface area contributed by atoms with Crippen LogP contribution in [0.5, 0.6) is 11.5 Å². The minimum atomic E-state index is -0.417. The molecule has 162 valence electrons. The highest BCUT2D eigenvalue weighted by molar-refractivity contribution is 6.30. The van der Waals surface area contributed by atoms with Gasteiger partial charge in [0.25, 0.3) is 0 Å². The number of benzene rings is 2. The first-order chi connectivity index (χ1) is 13.6. The van der Waals surface area contributed by atoms with Crippen LogP contribution in [0.3, 0.4) is 0 Å². The second-order valence-corrected chi connectivity index (χ2v) is 6.84. The maximum absolute atomic E-state index is 13.2. The lowest BCUT2D eigenvalue weighted by molar-refractivity contribution is 0.0322. The fraction of sp³-hybridized carbons (Fsp3) is 0.333. The van der Waals surface area contributed by atoms with Gasteiger partial charge in [0, 0.05) is 42.9 Å². The van der Waals surface area contributed by atoms with Gasteiger partial charge >= 0.3 is 0 Å². The van der Waals surface area contributed by atoms with Gasteiger partial charge in [0.15, 0.2) is 5.78 Å². The minimum Gasteiger partial charge on any atom is -0.507 e. The van der Waals surface area contributed by atoms with E-state index in [1.54, 1.807) is 30.3 Å². The Labute approximate surface area is 187 Å². The van der Waals surface area contributed by atoms with Crippen molar-refractivity contribution in [3.8, 4) is 11.5 Å². The summed E-state index contributed by atoms with van der Waals surface area (Å²) in [5, 5.41) is 10.5. The van der Waals surface area contributed by atoms with Crippen molar-refractivity contribution in [2.45, 2.75) is 6.54 Å². The molecule has 7 nitrogen and oxygen atoms in total. The first-order valence-electron chi connectivity index (χ1n) is 9.32. The number of rotatable bonds is 5. The monoisotopic (exact) mass is 454 g/mol. The number of carbonyl (C=O) groups excluding carboxylic acids is 2. The van der Waals surface area contributed by atoms with Crippen molar-refractivity contribution < 1.29 is 24.2 Å². The molecule has 0 radical (unpaired) electrons. The highest BCUT2D eigenvalue weighted by Gasteiger charge is 2.35. The van der Waals surface area contributed by atoms with Crippen LogP contribution in [0.15, 0.2) is 30.3 Å². The lowest BCUT2D eigenvalue weighted by atomic mass is 9.82. The van der Waals surface area contributed by atoms with Crippen molar-refractivity contribution in [1.29, 1.82) is 0 Å². The molecule has 0 bridgehead atoms. The predicted molar refractivity (Wildman–Crippen MR) is 117 cm³/mol. The average molecular weight is 455 g/mol. The van der Waals surface area contributed by atoms with Crippen LogP contribution in [0.25, 0.3) is 0 Å². The molecule has 2 aliphatic rings. The van der Waals surface area contributed by atoms with Gasteiger partial charge in [0.05, 0.1) is 24.3 Å². The Morgan fingerprint density at radius 1 is 1.00 bits per heavy atom. The summed E-state index contributed by atoms with van der Waals surface area (Å²) in [7, 11) is 0. The normalized spacial score (nSPS) is 15.5. The molecule has 1 aliphatic heterocycles. The van der Waals surface area contributed by atoms with Crippen molar-refractivity contribution in [3.63, 3.8) is 0 Å². The van der Waals surface area contributed by atoms with Crippen LogP contribution in [-0.2, 0) is 11.3 Å². The SMILES string of the molecule is Cl.Cl.NCc1ccc2c(c1O)C(=O)c1c(OCCN3CCOCC3)cccc1C2=O. The first kappa shape index (κ1) is 24.1. The second kappa shape index (κ2) is 10.2. The molecule has 0 amide bonds. The molecule has 1 saturated heterocycles. The number of phenolic OH excluding ortho intramolecular Hbond substituents is 1. The minimum absolute atomic E-state index is 0.